The summed E-state index contributed by atoms with van der Waals surface area (Å²) in [5, 5.41) is 12.8. The van der Waals surface area contributed by atoms with E-state index in [0.717, 1.165) is 11.1 Å². The van der Waals surface area contributed by atoms with E-state index in [4.69, 9.17) is 4.74 Å². The molecule has 2 fully saturated rings. The van der Waals surface area contributed by atoms with Crippen molar-refractivity contribution < 1.29 is 19.4 Å². The fourth-order valence-corrected chi connectivity index (χ4v) is 4.61. The lowest BCUT2D eigenvalue weighted by Crippen LogP contribution is -2.73. The summed E-state index contributed by atoms with van der Waals surface area (Å²) >= 11 is 0. The van der Waals surface area contributed by atoms with Crippen LogP contribution in [0.15, 0.2) is 48.5 Å². The number of carbonyl (C=O) groups excluding carboxylic acids is 2. The number of anilines is 1. The second kappa shape index (κ2) is 9.55. The molecule has 7 heteroatoms. The van der Waals surface area contributed by atoms with Crippen molar-refractivity contribution in [3.8, 4) is 17.6 Å². The molecule has 3 atom stereocenters. The van der Waals surface area contributed by atoms with Crippen molar-refractivity contribution in [3.63, 3.8) is 0 Å². The third kappa shape index (κ3) is 4.53. The summed E-state index contributed by atoms with van der Waals surface area (Å²) in [5.41, 5.74) is 2.52. The molecule has 0 saturated carbocycles. The summed E-state index contributed by atoms with van der Waals surface area (Å²) in [5.74, 6) is 6.95. The van der Waals surface area contributed by atoms with Gasteiger partial charge in [-0.15, -0.1) is 0 Å². The number of nitrogens with one attached hydrogen (secondary N) is 1. The number of hydrogen-bond acceptors (Lipinski definition) is 4. The van der Waals surface area contributed by atoms with E-state index in [2.05, 4.69) is 17.2 Å². The first-order valence-corrected chi connectivity index (χ1v) is 11.2. The zero-order valence-corrected chi connectivity index (χ0v) is 19.1. The van der Waals surface area contributed by atoms with E-state index in [9.17, 15) is 14.7 Å². The molecule has 0 bridgehead atoms. The van der Waals surface area contributed by atoms with Gasteiger partial charge in [0.15, 0.2) is 0 Å². The van der Waals surface area contributed by atoms with Gasteiger partial charge < -0.3 is 25.0 Å². The van der Waals surface area contributed by atoms with Crippen LogP contribution in [0.3, 0.4) is 0 Å². The maximum atomic E-state index is 12.9. The first-order valence-electron chi connectivity index (χ1n) is 11.2. The highest BCUT2D eigenvalue weighted by molar-refractivity contribution is 5.94. The summed E-state index contributed by atoms with van der Waals surface area (Å²) in [4.78, 5) is 29.0. The molecule has 0 aliphatic carbocycles. The normalized spacial score (nSPS) is 21.6. The van der Waals surface area contributed by atoms with Gasteiger partial charge in [-0.1, -0.05) is 50.0 Å². The number of carbonyl (C=O) groups is 2. The first-order chi connectivity index (χ1) is 15.9. The molecule has 4 rings (SSSR count). The topological polar surface area (TPSA) is 82.1 Å². The largest absolute Gasteiger partial charge is 0.495 e. The lowest BCUT2D eigenvalue weighted by molar-refractivity contribution is -0.159. The number of piperazine rings is 1. The Morgan fingerprint density at radius 3 is 2.61 bits per heavy atom. The summed E-state index contributed by atoms with van der Waals surface area (Å²) in [6.07, 6.45) is 0. The summed E-state index contributed by atoms with van der Waals surface area (Å²) in [6.45, 7) is 4.35. The highest BCUT2D eigenvalue weighted by Gasteiger charge is 2.54. The molecule has 2 heterocycles. The number of fused-ring (bicyclic) bond motifs is 1. The van der Waals surface area contributed by atoms with Gasteiger partial charge in [-0.05, 0) is 29.8 Å². The van der Waals surface area contributed by atoms with Crippen molar-refractivity contribution in [2.24, 2.45) is 5.92 Å². The highest BCUT2D eigenvalue weighted by Crippen LogP contribution is 2.43. The number of rotatable bonds is 4. The van der Waals surface area contributed by atoms with Gasteiger partial charge in [0.05, 0.1) is 31.5 Å². The van der Waals surface area contributed by atoms with E-state index >= 15 is 0 Å². The van der Waals surface area contributed by atoms with Gasteiger partial charge in [-0.3, -0.25) is 4.79 Å². The number of aliphatic hydroxyl groups excluding tert-OH is 1. The minimum atomic E-state index is -0.349. The molecule has 2 N–H and O–H groups in total. The Balaban J connectivity index is 1.51. The van der Waals surface area contributed by atoms with Crippen LogP contribution in [0, 0.1) is 17.8 Å². The standard InChI is InChI=1S/C26H29N3O4/c1-17(2)8-9-18-10-12-19(13-11-18)25-21-14-28(15-24(31)29(21)22(25)16-30)26(32)27-20-6-4-5-7-23(20)33-3/h4-7,10-13,17,21-22,25,30H,14-16H2,1-3H3,(H,27,32)/t21-,22+,25-/m1/s1. The monoisotopic (exact) mass is 447 g/mol. The van der Waals surface area contributed by atoms with Gasteiger partial charge in [0, 0.05) is 23.9 Å². The molecule has 2 aliphatic rings. The minimum Gasteiger partial charge on any atom is -0.495 e. The molecule has 33 heavy (non-hydrogen) atoms. The van der Waals surface area contributed by atoms with Crippen LogP contribution in [-0.2, 0) is 4.79 Å². The molecule has 2 aliphatic heterocycles. The maximum Gasteiger partial charge on any atom is 0.322 e. The molecule has 0 radical (unpaired) electrons. The van der Waals surface area contributed by atoms with Crippen molar-refractivity contribution in [1.29, 1.82) is 0 Å². The number of hydrogen-bond donors (Lipinski definition) is 2. The van der Waals surface area contributed by atoms with E-state index in [1.807, 2.05) is 50.2 Å². The lowest BCUT2D eigenvalue weighted by atomic mass is 9.73. The second-order valence-electron chi connectivity index (χ2n) is 8.70. The number of methoxy groups -OCH3 is 1. The fraction of sp³-hybridized carbons (Fsp3) is 0.385. The van der Waals surface area contributed by atoms with Crippen molar-refractivity contribution in [2.75, 3.05) is 32.1 Å². The van der Waals surface area contributed by atoms with Crippen molar-refractivity contribution in [3.05, 3.63) is 59.7 Å². The molecule has 3 amide bonds. The van der Waals surface area contributed by atoms with Crippen molar-refractivity contribution in [2.45, 2.75) is 31.8 Å². The fourth-order valence-electron chi connectivity index (χ4n) is 4.61. The number of benzene rings is 2. The van der Waals surface area contributed by atoms with Crippen LogP contribution >= 0.6 is 0 Å². The number of ether oxygens (including phenoxy) is 1. The Morgan fingerprint density at radius 2 is 1.94 bits per heavy atom. The quantitative estimate of drug-likeness (QED) is 0.706. The van der Waals surface area contributed by atoms with E-state index in [0.29, 0.717) is 23.9 Å². The second-order valence-corrected chi connectivity index (χ2v) is 8.70. The van der Waals surface area contributed by atoms with Crippen LogP contribution in [0.4, 0.5) is 10.5 Å². The van der Waals surface area contributed by atoms with E-state index < -0.39 is 0 Å². The van der Waals surface area contributed by atoms with Crippen LogP contribution < -0.4 is 10.1 Å². The van der Waals surface area contributed by atoms with Gasteiger partial charge in [-0.25, -0.2) is 4.79 Å². The average Bonchev–Trinajstić information content (AvgIpc) is 2.80. The third-order valence-corrected chi connectivity index (χ3v) is 6.19. The first kappa shape index (κ1) is 22.7. The number of para-hydroxylation sites is 2. The smallest absolute Gasteiger partial charge is 0.322 e. The van der Waals surface area contributed by atoms with Gasteiger partial charge in [0.25, 0.3) is 0 Å². The molecule has 7 nitrogen and oxygen atoms in total. The molecule has 172 valence electrons. The van der Waals surface area contributed by atoms with E-state index in [1.54, 1.807) is 24.1 Å². The van der Waals surface area contributed by atoms with Crippen LogP contribution in [-0.4, -0.2) is 65.7 Å². The highest BCUT2D eigenvalue weighted by atomic mass is 16.5. The minimum absolute atomic E-state index is 0.0234. The third-order valence-electron chi connectivity index (χ3n) is 6.19. The summed E-state index contributed by atoms with van der Waals surface area (Å²) < 4.78 is 5.30. The predicted molar refractivity (Wildman–Crippen MR) is 126 cm³/mol. The zero-order valence-electron chi connectivity index (χ0n) is 19.1. The molecule has 2 aromatic rings. The van der Waals surface area contributed by atoms with Crippen molar-refractivity contribution >= 4 is 17.6 Å². The number of aliphatic hydroxyl groups is 1. The number of amides is 3. The number of nitrogens with zero attached hydrogens (tertiary/aromatic N) is 2. The van der Waals surface area contributed by atoms with Crippen LogP contribution in [0.1, 0.15) is 30.9 Å². The van der Waals surface area contributed by atoms with Crippen LogP contribution in [0.2, 0.25) is 0 Å². The van der Waals surface area contributed by atoms with Crippen LogP contribution in [0.5, 0.6) is 5.75 Å². The Hall–Kier alpha value is -3.50. The molecule has 0 aromatic heterocycles. The van der Waals surface area contributed by atoms with Gasteiger partial charge in [-0.2, -0.15) is 0 Å². The predicted octanol–water partition coefficient (Wildman–Crippen LogP) is 2.91. The Bertz CT molecular complexity index is 1090. The Kier molecular flexibility index (Phi) is 6.57. The molecule has 2 aromatic carbocycles. The van der Waals surface area contributed by atoms with Gasteiger partial charge >= 0.3 is 6.03 Å². The van der Waals surface area contributed by atoms with Crippen molar-refractivity contribution in [1.82, 2.24) is 9.80 Å². The van der Waals surface area contributed by atoms with Gasteiger partial charge in [0.1, 0.15) is 12.3 Å². The maximum absolute atomic E-state index is 12.9. The summed E-state index contributed by atoms with van der Waals surface area (Å²) in [7, 11) is 1.54. The Morgan fingerprint density at radius 1 is 1.21 bits per heavy atom. The molecule has 0 unspecified atom stereocenters. The SMILES string of the molecule is COc1ccccc1NC(=O)N1CC(=O)N2[C@H](C1)[C@@H](c1ccc(C#CC(C)C)cc1)[C@@H]2CO. The Labute approximate surface area is 194 Å². The van der Waals surface area contributed by atoms with E-state index in [1.165, 1.54) is 4.90 Å². The molecular formula is C26H29N3O4. The number of urea groups is 1. The summed E-state index contributed by atoms with van der Waals surface area (Å²) in [6, 6.07) is 14.3. The molecular weight excluding hydrogens is 418 g/mol. The van der Waals surface area contributed by atoms with E-state index in [-0.39, 0.29) is 43.1 Å². The molecule has 0 spiro atoms. The average molecular weight is 448 g/mol. The van der Waals surface area contributed by atoms with Gasteiger partial charge in [0.2, 0.25) is 5.91 Å². The molecule has 2 saturated heterocycles. The lowest BCUT2D eigenvalue weighted by Gasteiger charge is -2.58. The zero-order chi connectivity index (χ0) is 23.5. The van der Waals surface area contributed by atoms with Crippen LogP contribution in [0.25, 0.3) is 0 Å².